The van der Waals surface area contributed by atoms with Crippen LogP contribution < -0.4 is 0 Å². The van der Waals surface area contributed by atoms with Crippen molar-refractivity contribution in [2.45, 2.75) is 0 Å². The Labute approximate surface area is 318 Å². The molecule has 0 radical (unpaired) electrons. The molecule has 55 heavy (non-hydrogen) atoms. The van der Waals surface area contributed by atoms with Crippen LogP contribution in [-0.2, 0) is 0 Å². The molecule has 0 spiro atoms. The number of pyridine rings is 1. The van der Waals surface area contributed by atoms with E-state index in [4.69, 9.17) is 19.4 Å². The largest absolute Gasteiger partial charge is 0.456 e. The number of rotatable bonds is 7. The summed E-state index contributed by atoms with van der Waals surface area (Å²) in [7, 11) is 0. The minimum Gasteiger partial charge on any atom is -0.456 e. The Balaban J connectivity index is 1.06. The summed E-state index contributed by atoms with van der Waals surface area (Å²) >= 11 is 0. The van der Waals surface area contributed by atoms with E-state index in [2.05, 4.69) is 151 Å². The van der Waals surface area contributed by atoms with Crippen LogP contribution in [0.4, 0.5) is 0 Å². The summed E-state index contributed by atoms with van der Waals surface area (Å²) in [6, 6.07) is 62.7. The molecule has 0 saturated carbocycles. The molecule has 0 unspecified atom stereocenters. The Kier molecular flexibility index (Phi) is 8.08. The molecule has 3 aromatic heterocycles. The van der Waals surface area contributed by atoms with E-state index in [1.54, 1.807) is 6.20 Å². The normalized spacial score (nSPS) is 11.3. The molecule has 5 heteroatoms. The summed E-state index contributed by atoms with van der Waals surface area (Å²) in [5.74, 6) is 1.79. The van der Waals surface area contributed by atoms with Crippen molar-refractivity contribution in [1.29, 1.82) is 0 Å². The van der Waals surface area contributed by atoms with E-state index in [0.29, 0.717) is 17.5 Å². The van der Waals surface area contributed by atoms with Gasteiger partial charge in [-0.2, -0.15) is 0 Å². The zero-order valence-electron chi connectivity index (χ0n) is 29.7. The molecule has 10 aromatic rings. The van der Waals surface area contributed by atoms with Gasteiger partial charge in [-0.05, 0) is 68.8 Å². The molecule has 0 bridgehead atoms. The highest BCUT2D eigenvalue weighted by Crippen LogP contribution is 2.39. The zero-order valence-corrected chi connectivity index (χ0v) is 29.7. The standard InChI is InChI=1S/C50H32N4O/c1-3-9-33(10-4-1)35-18-24-39(25-19-35)48-52-49(40-26-20-36(21-27-40)34-11-5-2-6-12-34)54-50(53-48)41-28-29-44-46(31-41)55-45-15-7-14-43(47(44)45)38-22-16-37(17-23-38)42-13-8-30-51-32-42/h1-32H. The fourth-order valence-corrected chi connectivity index (χ4v) is 7.23. The van der Waals surface area contributed by atoms with Gasteiger partial charge in [0.25, 0.3) is 0 Å². The van der Waals surface area contributed by atoms with Crippen molar-refractivity contribution in [2.75, 3.05) is 0 Å². The maximum Gasteiger partial charge on any atom is 0.164 e. The lowest BCUT2D eigenvalue weighted by Crippen LogP contribution is -2.00. The van der Waals surface area contributed by atoms with E-state index in [9.17, 15) is 0 Å². The van der Waals surface area contributed by atoms with E-state index in [0.717, 1.165) is 83.1 Å². The predicted molar refractivity (Wildman–Crippen MR) is 223 cm³/mol. The molecule has 5 nitrogen and oxygen atoms in total. The van der Waals surface area contributed by atoms with Gasteiger partial charge in [-0.25, -0.2) is 15.0 Å². The second-order valence-electron chi connectivity index (χ2n) is 13.5. The SMILES string of the molecule is c1ccc(-c2ccc(-c3nc(-c4ccc(-c5ccccc5)cc4)nc(-c4ccc5c(c4)oc4cccc(-c6ccc(-c7cccnc7)cc6)c45)n3)cc2)cc1. The highest BCUT2D eigenvalue weighted by atomic mass is 16.3. The number of aromatic nitrogens is 4. The Morgan fingerprint density at radius 3 is 1.36 bits per heavy atom. The van der Waals surface area contributed by atoms with Gasteiger partial charge < -0.3 is 4.42 Å². The number of hydrogen-bond donors (Lipinski definition) is 0. The summed E-state index contributed by atoms with van der Waals surface area (Å²) in [6.45, 7) is 0. The number of fused-ring (bicyclic) bond motifs is 3. The molecule has 0 fully saturated rings. The molecule has 10 rings (SSSR count). The van der Waals surface area contributed by atoms with Crippen molar-refractivity contribution < 1.29 is 4.42 Å². The highest BCUT2D eigenvalue weighted by Gasteiger charge is 2.17. The smallest absolute Gasteiger partial charge is 0.164 e. The van der Waals surface area contributed by atoms with Crippen LogP contribution in [0.5, 0.6) is 0 Å². The van der Waals surface area contributed by atoms with Crippen molar-refractivity contribution in [3.63, 3.8) is 0 Å². The van der Waals surface area contributed by atoms with Crippen LogP contribution in [0, 0.1) is 0 Å². The lowest BCUT2D eigenvalue weighted by Gasteiger charge is -2.10. The van der Waals surface area contributed by atoms with E-state index in [1.165, 1.54) is 0 Å². The van der Waals surface area contributed by atoms with E-state index < -0.39 is 0 Å². The average molecular weight is 705 g/mol. The van der Waals surface area contributed by atoms with Crippen molar-refractivity contribution in [3.05, 3.63) is 194 Å². The first-order valence-electron chi connectivity index (χ1n) is 18.3. The number of benzene rings is 7. The Morgan fingerprint density at radius 1 is 0.327 bits per heavy atom. The molecular weight excluding hydrogens is 673 g/mol. The third kappa shape index (κ3) is 6.24. The van der Waals surface area contributed by atoms with Crippen LogP contribution in [0.1, 0.15) is 0 Å². The summed E-state index contributed by atoms with van der Waals surface area (Å²) in [6.07, 6.45) is 3.68. The topological polar surface area (TPSA) is 64.7 Å². The average Bonchev–Trinajstić information content (AvgIpc) is 3.66. The molecule has 0 aliphatic carbocycles. The monoisotopic (exact) mass is 704 g/mol. The molecule has 3 heterocycles. The van der Waals surface area contributed by atoms with Crippen molar-refractivity contribution in [3.8, 4) is 78.7 Å². The van der Waals surface area contributed by atoms with Crippen LogP contribution in [0.15, 0.2) is 199 Å². The fraction of sp³-hybridized carbons (Fsp3) is 0. The molecular formula is C50H32N4O. The van der Waals surface area contributed by atoms with Crippen molar-refractivity contribution in [2.24, 2.45) is 0 Å². The molecule has 0 N–H and O–H groups in total. The van der Waals surface area contributed by atoms with Gasteiger partial charge in [-0.1, -0.05) is 158 Å². The van der Waals surface area contributed by atoms with Crippen LogP contribution >= 0.6 is 0 Å². The first-order valence-corrected chi connectivity index (χ1v) is 18.3. The van der Waals surface area contributed by atoms with E-state index in [-0.39, 0.29) is 0 Å². The number of nitrogens with zero attached hydrogens (tertiary/aromatic N) is 4. The van der Waals surface area contributed by atoms with Gasteiger partial charge in [0.2, 0.25) is 0 Å². The second-order valence-corrected chi connectivity index (χ2v) is 13.5. The molecule has 0 amide bonds. The quantitative estimate of drug-likeness (QED) is 0.165. The number of furan rings is 1. The van der Waals surface area contributed by atoms with Gasteiger partial charge in [-0.3, -0.25) is 4.98 Å². The highest BCUT2D eigenvalue weighted by molar-refractivity contribution is 6.13. The summed E-state index contributed by atoms with van der Waals surface area (Å²) in [5, 5.41) is 2.11. The third-order valence-electron chi connectivity index (χ3n) is 10.1. The molecule has 0 aliphatic heterocycles. The summed E-state index contributed by atoms with van der Waals surface area (Å²) in [4.78, 5) is 19.4. The molecule has 258 valence electrons. The van der Waals surface area contributed by atoms with Gasteiger partial charge >= 0.3 is 0 Å². The molecule has 0 saturated heterocycles. The van der Waals surface area contributed by atoms with E-state index in [1.807, 2.05) is 42.6 Å². The Hall–Kier alpha value is -7.50. The van der Waals surface area contributed by atoms with E-state index >= 15 is 0 Å². The maximum absolute atomic E-state index is 6.53. The van der Waals surface area contributed by atoms with Crippen LogP contribution in [0.3, 0.4) is 0 Å². The third-order valence-corrected chi connectivity index (χ3v) is 10.1. The maximum atomic E-state index is 6.53. The van der Waals surface area contributed by atoms with Gasteiger partial charge in [0.1, 0.15) is 11.2 Å². The van der Waals surface area contributed by atoms with Crippen LogP contribution in [0.25, 0.3) is 101 Å². The minimum atomic E-state index is 0.577. The van der Waals surface area contributed by atoms with Gasteiger partial charge in [0.05, 0.1) is 0 Å². The Morgan fingerprint density at radius 2 is 0.800 bits per heavy atom. The van der Waals surface area contributed by atoms with Crippen LogP contribution in [-0.4, -0.2) is 19.9 Å². The fourth-order valence-electron chi connectivity index (χ4n) is 7.23. The van der Waals surface area contributed by atoms with Gasteiger partial charge in [0.15, 0.2) is 17.5 Å². The predicted octanol–water partition coefficient (Wildman–Crippen LogP) is 12.8. The molecule has 7 aromatic carbocycles. The lowest BCUT2D eigenvalue weighted by molar-refractivity contribution is 0.669. The van der Waals surface area contributed by atoms with Crippen molar-refractivity contribution >= 4 is 21.9 Å². The zero-order chi connectivity index (χ0) is 36.6. The summed E-state index contributed by atoms with van der Waals surface area (Å²) < 4.78 is 6.53. The Bertz CT molecular complexity index is 2820. The molecule has 0 atom stereocenters. The van der Waals surface area contributed by atoms with Gasteiger partial charge in [-0.15, -0.1) is 0 Å². The van der Waals surface area contributed by atoms with Gasteiger partial charge in [0, 0.05) is 39.9 Å². The summed E-state index contributed by atoms with van der Waals surface area (Å²) in [5.41, 5.74) is 13.3. The first kappa shape index (κ1) is 32.2. The second kappa shape index (κ2) is 13.8. The lowest BCUT2D eigenvalue weighted by atomic mass is 9.97. The molecule has 0 aliphatic rings. The van der Waals surface area contributed by atoms with Crippen molar-refractivity contribution in [1.82, 2.24) is 19.9 Å². The number of hydrogen-bond acceptors (Lipinski definition) is 5. The first-order chi connectivity index (χ1) is 27.2. The van der Waals surface area contributed by atoms with Crippen LogP contribution in [0.2, 0.25) is 0 Å². The minimum absolute atomic E-state index is 0.577.